The molecule has 2 aromatic carbocycles. The van der Waals surface area contributed by atoms with Gasteiger partial charge in [-0.3, -0.25) is 4.79 Å². The molecule has 3 aromatic rings. The van der Waals surface area contributed by atoms with Crippen LogP contribution in [0, 0.1) is 5.82 Å². The molecule has 1 N–H and O–H groups in total. The van der Waals surface area contributed by atoms with Crippen molar-refractivity contribution in [2.75, 3.05) is 31.5 Å². The number of anilines is 2. The Balaban J connectivity index is 1.18. The summed E-state index contributed by atoms with van der Waals surface area (Å²) in [5.41, 5.74) is 2.29. The third-order valence-electron chi connectivity index (χ3n) is 6.82. The van der Waals surface area contributed by atoms with Crippen molar-refractivity contribution in [2.24, 2.45) is 0 Å². The Morgan fingerprint density at radius 2 is 1.59 bits per heavy atom. The summed E-state index contributed by atoms with van der Waals surface area (Å²) < 4.78 is 13.2. The molecule has 2 fully saturated rings. The minimum Gasteiger partial charge on any atom is -0.340 e. The zero-order valence-corrected chi connectivity index (χ0v) is 19.3. The molecule has 2 saturated heterocycles. The average Bonchev–Trinajstić information content (AvgIpc) is 2.90. The van der Waals surface area contributed by atoms with Crippen LogP contribution in [0.2, 0.25) is 0 Å². The number of benzene rings is 2. The van der Waals surface area contributed by atoms with Crippen LogP contribution in [0.5, 0.6) is 0 Å². The standard InChI is InChI=1S/C27H30FN5O/c28-22-8-4-20(5-9-22)26-29-15-12-25(31-26)30-23-10-6-21(7-11-23)27(34)33-18-13-24(14-19-33)32-16-2-1-3-17-32/h4-12,15,24H,1-3,13-14,16-19H2,(H,29,30,31). The van der Waals surface area contributed by atoms with Crippen LogP contribution in [0.1, 0.15) is 42.5 Å². The summed E-state index contributed by atoms with van der Waals surface area (Å²) in [6, 6.07) is 16.0. The Labute approximate surface area is 199 Å². The largest absolute Gasteiger partial charge is 0.340 e. The fourth-order valence-corrected chi connectivity index (χ4v) is 4.91. The number of carbonyl (C=O) groups excluding carboxylic acids is 1. The maximum atomic E-state index is 13.2. The second kappa shape index (κ2) is 10.3. The molecular formula is C27H30FN5O. The Morgan fingerprint density at radius 3 is 2.29 bits per heavy atom. The summed E-state index contributed by atoms with van der Waals surface area (Å²) in [7, 11) is 0. The van der Waals surface area contributed by atoms with Crippen LogP contribution < -0.4 is 5.32 Å². The molecule has 1 aromatic heterocycles. The second-order valence-electron chi connectivity index (χ2n) is 9.09. The van der Waals surface area contributed by atoms with Crippen molar-refractivity contribution >= 4 is 17.4 Å². The fraction of sp³-hybridized carbons (Fsp3) is 0.370. The van der Waals surface area contributed by atoms with Crippen LogP contribution in [0.15, 0.2) is 60.8 Å². The minimum atomic E-state index is -0.293. The van der Waals surface area contributed by atoms with Crippen molar-refractivity contribution < 1.29 is 9.18 Å². The molecule has 6 nitrogen and oxygen atoms in total. The van der Waals surface area contributed by atoms with Crippen molar-refractivity contribution in [3.8, 4) is 11.4 Å². The minimum absolute atomic E-state index is 0.101. The highest BCUT2D eigenvalue weighted by Crippen LogP contribution is 2.23. The van der Waals surface area contributed by atoms with E-state index in [0.717, 1.165) is 37.2 Å². The normalized spacial score (nSPS) is 17.5. The van der Waals surface area contributed by atoms with E-state index < -0.39 is 0 Å². The molecule has 0 atom stereocenters. The van der Waals surface area contributed by atoms with Gasteiger partial charge in [0.15, 0.2) is 5.82 Å². The predicted octanol–water partition coefficient (Wildman–Crippen LogP) is 5.12. The van der Waals surface area contributed by atoms with Crippen molar-refractivity contribution in [2.45, 2.75) is 38.1 Å². The van der Waals surface area contributed by atoms with E-state index in [2.05, 4.69) is 20.2 Å². The van der Waals surface area contributed by atoms with Crippen LogP contribution >= 0.6 is 0 Å². The van der Waals surface area contributed by atoms with Gasteiger partial charge in [0.25, 0.3) is 5.91 Å². The molecule has 0 unspecified atom stereocenters. The highest BCUT2D eigenvalue weighted by Gasteiger charge is 2.28. The predicted molar refractivity (Wildman–Crippen MR) is 132 cm³/mol. The molecule has 176 valence electrons. The summed E-state index contributed by atoms with van der Waals surface area (Å²) in [5, 5.41) is 3.26. The van der Waals surface area contributed by atoms with Gasteiger partial charge in [-0.25, -0.2) is 14.4 Å². The number of likely N-dealkylation sites (tertiary alicyclic amines) is 2. The molecule has 1 amide bonds. The van der Waals surface area contributed by atoms with E-state index in [0.29, 0.717) is 23.2 Å². The lowest BCUT2D eigenvalue weighted by atomic mass is 9.99. The van der Waals surface area contributed by atoms with E-state index in [1.54, 1.807) is 24.4 Å². The average molecular weight is 460 g/mol. The Hall–Kier alpha value is -3.32. The molecule has 2 aliphatic rings. The van der Waals surface area contributed by atoms with E-state index in [9.17, 15) is 9.18 Å². The first-order valence-corrected chi connectivity index (χ1v) is 12.2. The first-order chi connectivity index (χ1) is 16.7. The van der Waals surface area contributed by atoms with E-state index in [-0.39, 0.29) is 11.7 Å². The molecule has 7 heteroatoms. The molecular weight excluding hydrogens is 429 g/mol. The molecule has 0 saturated carbocycles. The first-order valence-electron chi connectivity index (χ1n) is 12.2. The lowest BCUT2D eigenvalue weighted by Gasteiger charge is -2.40. The highest BCUT2D eigenvalue weighted by molar-refractivity contribution is 5.94. The number of halogens is 1. The molecule has 5 rings (SSSR count). The van der Waals surface area contributed by atoms with Gasteiger partial charge in [0.2, 0.25) is 0 Å². The van der Waals surface area contributed by atoms with E-state index in [1.165, 1.54) is 44.5 Å². The molecule has 0 spiro atoms. The lowest BCUT2D eigenvalue weighted by molar-refractivity contribution is 0.0590. The molecule has 0 radical (unpaired) electrons. The quantitative estimate of drug-likeness (QED) is 0.574. The zero-order chi connectivity index (χ0) is 23.3. The van der Waals surface area contributed by atoms with Gasteiger partial charge in [-0.1, -0.05) is 6.42 Å². The maximum absolute atomic E-state index is 13.2. The number of nitrogens with zero attached hydrogens (tertiary/aromatic N) is 4. The number of aromatic nitrogens is 2. The lowest BCUT2D eigenvalue weighted by Crippen LogP contribution is -2.48. The maximum Gasteiger partial charge on any atom is 0.253 e. The van der Waals surface area contributed by atoms with E-state index in [4.69, 9.17) is 0 Å². The fourth-order valence-electron chi connectivity index (χ4n) is 4.91. The van der Waals surface area contributed by atoms with Gasteiger partial charge in [0.1, 0.15) is 11.6 Å². The number of piperidine rings is 2. The zero-order valence-electron chi connectivity index (χ0n) is 19.3. The summed E-state index contributed by atoms with van der Waals surface area (Å²) >= 11 is 0. The van der Waals surface area contributed by atoms with Gasteiger partial charge in [0, 0.05) is 42.1 Å². The van der Waals surface area contributed by atoms with Crippen molar-refractivity contribution in [3.05, 3.63) is 72.2 Å². The van der Waals surface area contributed by atoms with Crippen LogP contribution in [0.3, 0.4) is 0 Å². The number of amides is 1. The molecule has 2 aliphatic heterocycles. The van der Waals surface area contributed by atoms with Gasteiger partial charge in [-0.2, -0.15) is 0 Å². The number of hydrogen-bond acceptors (Lipinski definition) is 5. The summed E-state index contributed by atoms with van der Waals surface area (Å²) in [5.74, 6) is 0.959. The summed E-state index contributed by atoms with van der Waals surface area (Å²) in [4.78, 5) is 26.4. The van der Waals surface area contributed by atoms with Gasteiger partial charge in [0.05, 0.1) is 0 Å². The van der Waals surface area contributed by atoms with Gasteiger partial charge < -0.3 is 15.1 Å². The number of carbonyl (C=O) groups is 1. The monoisotopic (exact) mass is 459 g/mol. The number of nitrogens with one attached hydrogen (secondary N) is 1. The Morgan fingerprint density at radius 1 is 0.882 bits per heavy atom. The van der Waals surface area contributed by atoms with Gasteiger partial charge in [-0.05, 0) is 93.4 Å². The van der Waals surface area contributed by atoms with Crippen LogP contribution in [0.25, 0.3) is 11.4 Å². The Bertz CT molecular complexity index is 1100. The van der Waals surface area contributed by atoms with Crippen LogP contribution in [0.4, 0.5) is 15.9 Å². The van der Waals surface area contributed by atoms with Gasteiger partial charge >= 0.3 is 0 Å². The second-order valence-corrected chi connectivity index (χ2v) is 9.09. The first kappa shape index (κ1) is 22.5. The summed E-state index contributed by atoms with van der Waals surface area (Å²) in [6.07, 6.45) is 7.76. The number of hydrogen-bond donors (Lipinski definition) is 1. The van der Waals surface area contributed by atoms with Crippen molar-refractivity contribution in [1.29, 1.82) is 0 Å². The molecule has 34 heavy (non-hydrogen) atoms. The van der Waals surface area contributed by atoms with Crippen LogP contribution in [-0.2, 0) is 0 Å². The van der Waals surface area contributed by atoms with Gasteiger partial charge in [-0.15, -0.1) is 0 Å². The van der Waals surface area contributed by atoms with Crippen LogP contribution in [-0.4, -0.2) is 57.9 Å². The van der Waals surface area contributed by atoms with E-state index >= 15 is 0 Å². The topological polar surface area (TPSA) is 61.4 Å². The highest BCUT2D eigenvalue weighted by atomic mass is 19.1. The third-order valence-corrected chi connectivity index (χ3v) is 6.82. The summed E-state index contributed by atoms with van der Waals surface area (Å²) in [6.45, 7) is 4.08. The molecule has 3 heterocycles. The number of rotatable bonds is 5. The third kappa shape index (κ3) is 5.25. The van der Waals surface area contributed by atoms with E-state index in [1.807, 2.05) is 29.2 Å². The van der Waals surface area contributed by atoms with Crippen molar-refractivity contribution in [1.82, 2.24) is 19.8 Å². The Kier molecular flexibility index (Phi) is 6.81. The molecule has 0 aliphatic carbocycles. The SMILES string of the molecule is O=C(c1ccc(Nc2ccnc(-c3ccc(F)cc3)n2)cc1)N1CCC(N2CCCCC2)CC1. The smallest absolute Gasteiger partial charge is 0.253 e. The van der Waals surface area contributed by atoms with Crippen molar-refractivity contribution in [3.63, 3.8) is 0 Å². The molecule has 0 bridgehead atoms.